The third kappa shape index (κ3) is 4.24. The van der Waals surface area contributed by atoms with Crippen LogP contribution in [0.15, 0.2) is 48.8 Å². The molecule has 2 amide bonds. The van der Waals surface area contributed by atoms with Gasteiger partial charge in [-0.15, -0.1) is 0 Å². The van der Waals surface area contributed by atoms with E-state index in [1.165, 1.54) is 0 Å². The number of pyridine rings is 1. The smallest absolute Gasteiger partial charge is 0.242 e. The van der Waals surface area contributed by atoms with Crippen molar-refractivity contribution in [3.8, 4) is 0 Å². The Morgan fingerprint density at radius 3 is 2.72 bits per heavy atom. The number of likely N-dealkylation sites (N-methyl/N-ethyl adjacent to an activating group) is 1. The van der Waals surface area contributed by atoms with E-state index in [2.05, 4.69) is 4.98 Å². The average Bonchev–Trinajstić information content (AvgIpc) is 2.80. The molecule has 0 N–H and O–H groups in total. The van der Waals surface area contributed by atoms with Crippen molar-refractivity contribution in [1.82, 2.24) is 9.88 Å². The van der Waals surface area contributed by atoms with Crippen LogP contribution in [-0.2, 0) is 22.4 Å². The van der Waals surface area contributed by atoms with Gasteiger partial charge in [0.2, 0.25) is 11.8 Å². The van der Waals surface area contributed by atoms with E-state index < -0.39 is 0 Å². The van der Waals surface area contributed by atoms with Crippen molar-refractivity contribution in [2.45, 2.75) is 25.7 Å². The van der Waals surface area contributed by atoms with Crippen LogP contribution < -0.4 is 4.90 Å². The van der Waals surface area contributed by atoms with Crippen molar-refractivity contribution in [2.24, 2.45) is 0 Å². The molecule has 25 heavy (non-hydrogen) atoms. The highest BCUT2D eigenvalue weighted by Gasteiger charge is 2.25. The summed E-state index contributed by atoms with van der Waals surface area (Å²) in [5, 5.41) is 0. The summed E-state index contributed by atoms with van der Waals surface area (Å²) in [6.45, 7) is 0.717. The summed E-state index contributed by atoms with van der Waals surface area (Å²) < 4.78 is 0. The number of carbonyl (C=O) groups excluding carboxylic acids is 2. The van der Waals surface area contributed by atoms with Crippen molar-refractivity contribution in [1.29, 1.82) is 0 Å². The molecule has 0 radical (unpaired) electrons. The van der Waals surface area contributed by atoms with Crippen molar-refractivity contribution in [3.63, 3.8) is 0 Å². The standard InChI is InChI=1S/C20H23N3O2/c1-22(14-11-16-9-12-21-13-10-16)20(25)15-23-18-7-3-2-5-17(18)6-4-8-19(23)24/h2-3,5,7,9-10,12-13H,4,6,8,11,14-15H2,1H3. The second kappa shape index (κ2) is 7.92. The molecule has 3 rings (SSSR count). The van der Waals surface area contributed by atoms with Crippen LogP contribution in [0.3, 0.4) is 0 Å². The van der Waals surface area contributed by atoms with Crippen LogP contribution in [0.4, 0.5) is 5.69 Å². The SMILES string of the molecule is CN(CCc1ccncc1)C(=O)CN1C(=O)CCCc2ccccc21. The minimum Gasteiger partial charge on any atom is -0.344 e. The molecule has 130 valence electrons. The third-order valence-electron chi connectivity index (χ3n) is 4.62. The molecular weight excluding hydrogens is 314 g/mol. The molecule has 1 aliphatic heterocycles. The van der Waals surface area contributed by atoms with Gasteiger partial charge in [0.05, 0.1) is 0 Å². The number of hydrogen-bond donors (Lipinski definition) is 0. The Morgan fingerprint density at radius 1 is 1.16 bits per heavy atom. The monoisotopic (exact) mass is 337 g/mol. The summed E-state index contributed by atoms with van der Waals surface area (Å²) in [5.41, 5.74) is 3.16. The maximum absolute atomic E-state index is 12.6. The Morgan fingerprint density at radius 2 is 1.92 bits per heavy atom. The molecule has 0 atom stereocenters. The lowest BCUT2D eigenvalue weighted by Gasteiger charge is -2.25. The molecule has 0 saturated carbocycles. The lowest BCUT2D eigenvalue weighted by molar-refractivity contribution is -0.130. The highest BCUT2D eigenvalue weighted by molar-refractivity contribution is 5.99. The van der Waals surface area contributed by atoms with Crippen molar-refractivity contribution >= 4 is 17.5 Å². The van der Waals surface area contributed by atoms with Crippen molar-refractivity contribution in [2.75, 3.05) is 25.0 Å². The number of nitrogens with zero attached hydrogens (tertiary/aromatic N) is 3. The molecule has 0 aliphatic carbocycles. The molecule has 1 aromatic heterocycles. The van der Waals surface area contributed by atoms with Gasteiger partial charge >= 0.3 is 0 Å². The van der Waals surface area contributed by atoms with E-state index >= 15 is 0 Å². The minimum atomic E-state index is -0.0425. The zero-order valence-electron chi connectivity index (χ0n) is 14.5. The fourth-order valence-corrected chi connectivity index (χ4v) is 3.09. The Kier molecular flexibility index (Phi) is 5.43. The van der Waals surface area contributed by atoms with Gasteiger partial charge in [-0.3, -0.25) is 14.6 Å². The highest BCUT2D eigenvalue weighted by atomic mass is 16.2. The molecule has 1 aliphatic rings. The second-order valence-electron chi connectivity index (χ2n) is 6.38. The molecule has 1 aromatic carbocycles. The molecule has 5 nitrogen and oxygen atoms in total. The van der Waals surface area contributed by atoms with Gasteiger partial charge in [0.1, 0.15) is 6.54 Å². The Bertz CT molecular complexity index is 746. The lowest BCUT2D eigenvalue weighted by atomic mass is 10.1. The molecular formula is C20H23N3O2. The molecule has 0 unspecified atom stereocenters. The summed E-state index contributed by atoms with van der Waals surface area (Å²) in [7, 11) is 1.79. The van der Waals surface area contributed by atoms with Crippen molar-refractivity contribution in [3.05, 3.63) is 59.9 Å². The van der Waals surface area contributed by atoms with Gasteiger partial charge in [0.25, 0.3) is 0 Å². The van der Waals surface area contributed by atoms with Gasteiger partial charge < -0.3 is 9.80 Å². The summed E-state index contributed by atoms with van der Waals surface area (Å²) in [5.74, 6) is -0.0139. The summed E-state index contributed by atoms with van der Waals surface area (Å²) in [6, 6.07) is 11.8. The van der Waals surface area contributed by atoms with E-state index in [0.29, 0.717) is 13.0 Å². The topological polar surface area (TPSA) is 53.5 Å². The van der Waals surface area contributed by atoms with Gasteiger partial charge in [0.15, 0.2) is 0 Å². The van der Waals surface area contributed by atoms with Crippen LogP contribution in [-0.4, -0.2) is 41.8 Å². The van der Waals surface area contributed by atoms with E-state index in [4.69, 9.17) is 0 Å². The lowest BCUT2D eigenvalue weighted by Crippen LogP contribution is -2.42. The second-order valence-corrected chi connectivity index (χ2v) is 6.38. The number of amides is 2. The zero-order chi connectivity index (χ0) is 17.6. The first-order valence-corrected chi connectivity index (χ1v) is 8.66. The molecule has 5 heteroatoms. The number of aromatic nitrogens is 1. The first-order valence-electron chi connectivity index (χ1n) is 8.66. The fourth-order valence-electron chi connectivity index (χ4n) is 3.09. The normalized spacial score (nSPS) is 14.0. The first kappa shape index (κ1) is 17.1. The van der Waals surface area contributed by atoms with Crippen LogP contribution in [0.5, 0.6) is 0 Å². The average molecular weight is 337 g/mol. The Balaban J connectivity index is 1.66. The number of carbonyl (C=O) groups is 2. The number of fused-ring (bicyclic) bond motifs is 1. The van der Waals surface area contributed by atoms with E-state index in [1.807, 2.05) is 36.4 Å². The number of hydrogen-bond acceptors (Lipinski definition) is 3. The van der Waals surface area contributed by atoms with Crippen LogP contribution >= 0.6 is 0 Å². The number of benzene rings is 1. The number of rotatable bonds is 5. The first-order chi connectivity index (χ1) is 12.1. The summed E-state index contributed by atoms with van der Waals surface area (Å²) in [4.78, 5) is 32.4. The van der Waals surface area contributed by atoms with E-state index in [1.54, 1.807) is 29.2 Å². The summed E-state index contributed by atoms with van der Waals surface area (Å²) in [6.07, 6.45) is 6.48. The van der Waals surface area contributed by atoms with Gasteiger partial charge in [-0.2, -0.15) is 0 Å². The molecule has 2 heterocycles. The quantitative estimate of drug-likeness (QED) is 0.842. The maximum atomic E-state index is 12.6. The van der Waals surface area contributed by atoms with E-state index in [9.17, 15) is 9.59 Å². The fraction of sp³-hybridized carbons (Fsp3) is 0.350. The number of aryl methyl sites for hydroxylation is 1. The predicted octanol–water partition coefficient (Wildman–Crippen LogP) is 2.45. The minimum absolute atomic E-state index is 0.0285. The van der Waals surface area contributed by atoms with Crippen molar-refractivity contribution < 1.29 is 9.59 Å². The van der Waals surface area contributed by atoms with E-state index in [-0.39, 0.29) is 18.4 Å². The van der Waals surface area contributed by atoms with Crippen LogP contribution in [0.2, 0.25) is 0 Å². The molecule has 0 saturated heterocycles. The molecule has 2 aromatic rings. The van der Waals surface area contributed by atoms with Gasteiger partial charge in [0, 0.05) is 38.1 Å². The summed E-state index contributed by atoms with van der Waals surface area (Å²) >= 11 is 0. The molecule has 0 fully saturated rings. The third-order valence-corrected chi connectivity index (χ3v) is 4.62. The van der Waals surface area contributed by atoms with Crippen LogP contribution in [0, 0.1) is 0 Å². The Labute approximate surface area is 148 Å². The van der Waals surface area contributed by atoms with Crippen LogP contribution in [0.25, 0.3) is 0 Å². The number of para-hydroxylation sites is 1. The highest BCUT2D eigenvalue weighted by Crippen LogP contribution is 2.26. The molecule has 0 bridgehead atoms. The predicted molar refractivity (Wildman–Crippen MR) is 97.3 cm³/mol. The zero-order valence-corrected chi connectivity index (χ0v) is 14.5. The van der Waals surface area contributed by atoms with Crippen LogP contribution in [0.1, 0.15) is 24.0 Å². The van der Waals surface area contributed by atoms with Gasteiger partial charge in [-0.1, -0.05) is 18.2 Å². The van der Waals surface area contributed by atoms with E-state index in [0.717, 1.165) is 36.1 Å². The molecule has 0 spiro atoms. The Hall–Kier alpha value is -2.69. The van der Waals surface area contributed by atoms with Gasteiger partial charge in [-0.05, 0) is 48.6 Å². The largest absolute Gasteiger partial charge is 0.344 e. The van der Waals surface area contributed by atoms with Gasteiger partial charge in [-0.25, -0.2) is 0 Å². The number of anilines is 1. The maximum Gasteiger partial charge on any atom is 0.242 e.